The number of carbonyl (C=O) groups excluding carboxylic acids is 1. The maximum absolute atomic E-state index is 13.8. The average molecular weight is 444 g/mol. The lowest BCUT2D eigenvalue weighted by Gasteiger charge is -2.23. The van der Waals surface area contributed by atoms with Gasteiger partial charge >= 0.3 is 17.3 Å². The number of halogens is 1. The first kappa shape index (κ1) is 23.8. The fraction of sp³-hybridized carbons (Fsp3) is 0.263. The second-order valence-electron chi connectivity index (χ2n) is 6.26. The summed E-state index contributed by atoms with van der Waals surface area (Å²) in [7, 11) is 0. The lowest BCUT2D eigenvalue weighted by atomic mass is 10.2. The highest BCUT2D eigenvalue weighted by molar-refractivity contribution is 5.66. The lowest BCUT2D eigenvalue weighted by molar-refractivity contribution is -0.395. The van der Waals surface area contributed by atoms with Crippen molar-refractivity contribution in [2.45, 2.75) is 13.3 Å². The molecule has 32 heavy (non-hydrogen) atoms. The molecule has 0 fully saturated rings. The minimum Gasteiger partial charge on any atom is -0.464 e. The van der Waals surface area contributed by atoms with Crippen LogP contribution in [0.5, 0.6) is 0 Å². The van der Waals surface area contributed by atoms with Crippen LogP contribution in [0, 0.1) is 37.4 Å². The normalized spacial score (nSPS) is 10.5. The van der Waals surface area contributed by atoms with Crippen molar-refractivity contribution >= 4 is 34.4 Å². The summed E-state index contributed by atoms with van der Waals surface area (Å²) < 4.78 is 18.8. The van der Waals surface area contributed by atoms with Crippen molar-refractivity contribution < 1.29 is 23.8 Å². The fourth-order valence-electron chi connectivity index (χ4n) is 2.60. The maximum Gasteiger partial charge on any atom is 0.311 e. The van der Waals surface area contributed by atoms with Gasteiger partial charge in [-0.05, 0) is 24.3 Å². The Bertz CT molecular complexity index is 1080. The van der Waals surface area contributed by atoms with Crippen LogP contribution in [0.3, 0.4) is 0 Å². The van der Waals surface area contributed by atoms with E-state index in [4.69, 9.17) is 10.00 Å². The van der Waals surface area contributed by atoms with Crippen LogP contribution >= 0.6 is 0 Å². The molecule has 2 rings (SSSR count). The molecule has 0 spiro atoms. The van der Waals surface area contributed by atoms with Gasteiger partial charge in [-0.1, -0.05) is 0 Å². The number of hydrogen-bond donors (Lipinski definition) is 0. The molecule has 12 nitrogen and oxygen atoms in total. The molecule has 13 heteroatoms. The zero-order valence-corrected chi connectivity index (χ0v) is 16.8. The monoisotopic (exact) mass is 444 g/mol. The van der Waals surface area contributed by atoms with E-state index in [1.165, 1.54) is 19.1 Å². The number of azo groups is 1. The number of carbonyl (C=O) groups is 1. The second kappa shape index (κ2) is 11.1. The summed E-state index contributed by atoms with van der Waals surface area (Å²) in [5.41, 5.74) is -1.28. The van der Waals surface area contributed by atoms with Gasteiger partial charge in [0.05, 0.1) is 40.6 Å². The van der Waals surface area contributed by atoms with Gasteiger partial charge in [-0.25, -0.2) is 0 Å². The molecular formula is C19H17FN6O6. The number of nitriles is 1. The van der Waals surface area contributed by atoms with Crippen LogP contribution < -0.4 is 4.90 Å². The predicted molar refractivity (Wildman–Crippen MR) is 109 cm³/mol. The molecule has 2 aromatic carbocycles. The molecule has 0 amide bonds. The van der Waals surface area contributed by atoms with Crippen molar-refractivity contribution in [2.75, 3.05) is 24.6 Å². The molecular weight excluding hydrogens is 427 g/mol. The summed E-state index contributed by atoms with van der Waals surface area (Å²) in [4.78, 5) is 32.7. The number of anilines is 1. The maximum atomic E-state index is 13.8. The summed E-state index contributed by atoms with van der Waals surface area (Å²) in [6, 6.07) is 9.49. The van der Waals surface area contributed by atoms with Gasteiger partial charge in [0.25, 0.3) is 0 Å². The Morgan fingerprint density at radius 1 is 1.12 bits per heavy atom. The summed E-state index contributed by atoms with van der Waals surface area (Å²) in [5.74, 6) is -1.69. The molecule has 0 aliphatic heterocycles. The molecule has 0 saturated carbocycles. The van der Waals surface area contributed by atoms with Crippen LogP contribution in [-0.2, 0) is 9.53 Å². The summed E-state index contributed by atoms with van der Waals surface area (Å²) >= 11 is 0. The van der Waals surface area contributed by atoms with Gasteiger partial charge in [-0.3, -0.25) is 25.0 Å². The average Bonchev–Trinajstić information content (AvgIpc) is 2.74. The molecule has 0 heterocycles. The minimum atomic E-state index is -1.27. The Kier molecular flexibility index (Phi) is 8.23. The number of esters is 1. The third-order valence-corrected chi connectivity index (χ3v) is 4.09. The van der Waals surface area contributed by atoms with E-state index in [9.17, 15) is 29.4 Å². The van der Waals surface area contributed by atoms with E-state index in [0.29, 0.717) is 30.9 Å². The SMILES string of the molecule is CC(=O)OCCN(CCC#N)c1ccc(/N=N/c2cc(F)c([N+](=O)[O-])cc2[N+](=O)[O-])cc1. The van der Waals surface area contributed by atoms with Gasteiger partial charge in [0, 0.05) is 25.2 Å². The van der Waals surface area contributed by atoms with Crippen molar-refractivity contribution in [3.63, 3.8) is 0 Å². The van der Waals surface area contributed by atoms with Crippen LogP contribution in [0.1, 0.15) is 13.3 Å². The van der Waals surface area contributed by atoms with E-state index in [0.717, 1.165) is 0 Å². The van der Waals surface area contributed by atoms with Crippen molar-refractivity contribution in [1.29, 1.82) is 5.26 Å². The van der Waals surface area contributed by atoms with E-state index in [1.54, 1.807) is 12.1 Å². The Hall–Kier alpha value is -4.47. The number of hydrogen-bond acceptors (Lipinski definition) is 10. The van der Waals surface area contributed by atoms with Crippen LogP contribution in [-0.4, -0.2) is 35.5 Å². The van der Waals surface area contributed by atoms with Crippen molar-refractivity contribution in [3.8, 4) is 6.07 Å². The Morgan fingerprint density at radius 3 is 2.34 bits per heavy atom. The molecule has 0 unspecified atom stereocenters. The molecule has 0 aliphatic rings. The van der Waals surface area contributed by atoms with Crippen LogP contribution in [0.4, 0.5) is 32.8 Å². The zero-order chi connectivity index (χ0) is 23.7. The number of nitro benzene ring substituents is 2. The molecule has 0 bridgehead atoms. The van der Waals surface area contributed by atoms with E-state index in [-0.39, 0.29) is 18.7 Å². The van der Waals surface area contributed by atoms with Gasteiger partial charge in [-0.2, -0.15) is 14.8 Å². The summed E-state index contributed by atoms with van der Waals surface area (Å²) in [6.45, 7) is 2.18. The predicted octanol–water partition coefficient (Wildman–Crippen LogP) is 4.34. The van der Waals surface area contributed by atoms with Gasteiger partial charge in [-0.15, -0.1) is 5.11 Å². The summed E-state index contributed by atoms with van der Waals surface area (Å²) in [5, 5.41) is 38.2. The van der Waals surface area contributed by atoms with E-state index in [2.05, 4.69) is 10.2 Å². The highest BCUT2D eigenvalue weighted by Crippen LogP contribution is 2.35. The molecule has 166 valence electrons. The van der Waals surface area contributed by atoms with Gasteiger partial charge < -0.3 is 9.64 Å². The van der Waals surface area contributed by atoms with E-state index >= 15 is 0 Å². The molecule has 0 atom stereocenters. The standard InChI is InChI=1S/C19H17FN6O6/c1-13(27)32-10-9-24(8-2-7-21)15-5-3-14(4-6-15)22-23-17-11-16(20)18(25(28)29)12-19(17)26(30)31/h3-6,11-12H,2,8-10H2,1H3/b23-22+. The van der Waals surface area contributed by atoms with Crippen LogP contribution in [0.15, 0.2) is 46.6 Å². The smallest absolute Gasteiger partial charge is 0.311 e. The quantitative estimate of drug-likeness (QED) is 0.226. The highest BCUT2D eigenvalue weighted by Gasteiger charge is 2.24. The zero-order valence-electron chi connectivity index (χ0n) is 16.8. The molecule has 0 aromatic heterocycles. The molecule has 2 aromatic rings. The first-order chi connectivity index (χ1) is 15.2. The topological polar surface area (TPSA) is 164 Å². The third kappa shape index (κ3) is 6.52. The van der Waals surface area contributed by atoms with Crippen molar-refractivity contribution in [2.24, 2.45) is 10.2 Å². The molecule has 0 saturated heterocycles. The number of nitrogens with zero attached hydrogens (tertiary/aromatic N) is 6. The number of rotatable bonds is 10. The van der Waals surface area contributed by atoms with Crippen molar-refractivity contribution in [1.82, 2.24) is 0 Å². The van der Waals surface area contributed by atoms with Gasteiger partial charge in [0.15, 0.2) is 5.69 Å². The Labute approximate surface area is 180 Å². The minimum absolute atomic E-state index is 0.137. The second-order valence-corrected chi connectivity index (χ2v) is 6.26. The van der Waals surface area contributed by atoms with E-state index in [1.807, 2.05) is 11.0 Å². The Balaban J connectivity index is 2.23. The molecule has 0 radical (unpaired) electrons. The van der Waals surface area contributed by atoms with Gasteiger partial charge in [0.2, 0.25) is 5.82 Å². The van der Waals surface area contributed by atoms with Gasteiger partial charge in [0.1, 0.15) is 6.61 Å². The summed E-state index contributed by atoms with van der Waals surface area (Å²) in [6.07, 6.45) is 0.247. The van der Waals surface area contributed by atoms with E-state index < -0.39 is 38.7 Å². The van der Waals surface area contributed by atoms with Crippen molar-refractivity contribution in [3.05, 3.63) is 62.4 Å². The first-order valence-corrected chi connectivity index (χ1v) is 9.12. The largest absolute Gasteiger partial charge is 0.464 e. The number of benzene rings is 2. The first-order valence-electron chi connectivity index (χ1n) is 9.12. The van der Waals surface area contributed by atoms with Crippen LogP contribution in [0.2, 0.25) is 0 Å². The van der Waals surface area contributed by atoms with Crippen LogP contribution in [0.25, 0.3) is 0 Å². The molecule has 0 N–H and O–H groups in total. The number of ether oxygens (including phenoxy) is 1. The fourth-order valence-corrected chi connectivity index (χ4v) is 2.60. The Morgan fingerprint density at radius 2 is 1.78 bits per heavy atom. The third-order valence-electron chi connectivity index (χ3n) is 4.09. The number of nitro groups is 2. The molecule has 0 aliphatic carbocycles. The lowest BCUT2D eigenvalue weighted by Crippen LogP contribution is -2.28. The highest BCUT2D eigenvalue weighted by atomic mass is 19.1.